The van der Waals surface area contributed by atoms with Crippen LogP contribution >= 0.6 is 23.2 Å². The third-order valence-corrected chi connectivity index (χ3v) is 3.35. The van der Waals surface area contributed by atoms with Crippen LogP contribution in [0, 0.1) is 0 Å². The summed E-state index contributed by atoms with van der Waals surface area (Å²) in [5.41, 5.74) is 3.48. The highest BCUT2D eigenvalue weighted by Gasteiger charge is 2.13. The molecule has 2 N–H and O–H groups in total. The molecule has 0 bridgehead atoms. The lowest BCUT2D eigenvalue weighted by molar-refractivity contribution is -0.862. The molecule has 0 aliphatic rings. The quantitative estimate of drug-likeness (QED) is 0.465. The second-order valence-electron chi connectivity index (χ2n) is 6.18. The number of rotatable bonds is 6. The van der Waals surface area contributed by atoms with Crippen molar-refractivity contribution in [2.24, 2.45) is 5.10 Å². The van der Waals surface area contributed by atoms with Gasteiger partial charge >= 0.3 is 0 Å². The van der Waals surface area contributed by atoms with Gasteiger partial charge in [0.1, 0.15) is 0 Å². The first-order valence-electron chi connectivity index (χ1n) is 6.94. The number of hydrazone groups is 1. The van der Waals surface area contributed by atoms with Crippen molar-refractivity contribution in [2.75, 3.05) is 33.0 Å². The molecule has 0 aliphatic heterocycles. The van der Waals surface area contributed by atoms with Gasteiger partial charge in [-0.1, -0.05) is 23.2 Å². The van der Waals surface area contributed by atoms with Crippen molar-refractivity contribution in [3.05, 3.63) is 28.2 Å². The first-order valence-corrected chi connectivity index (χ1v) is 7.70. The SMILES string of the molecule is C/C(CC(=O)Nc1ccc(Cl)c(Cl)c1)=N\NC(=O)C[N+](C)(C)C. The second kappa shape index (κ2) is 8.29. The Kier molecular flexibility index (Phi) is 7.00. The van der Waals surface area contributed by atoms with Gasteiger partial charge in [-0.05, 0) is 25.1 Å². The molecule has 0 aliphatic carbocycles. The molecule has 0 saturated heterocycles. The van der Waals surface area contributed by atoms with Gasteiger partial charge in [-0.25, -0.2) is 5.43 Å². The van der Waals surface area contributed by atoms with Gasteiger partial charge < -0.3 is 9.80 Å². The lowest BCUT2D eigenvalue weighted by Gasteiger charge is -2.22. The van der Waals surface area contributed by atoms with Crippen molar-refractivity contribution in [3.8, 4) is 0 Å². The standard InChI is InChI=1S/C15H20Cl2N4O2/c1-10(19-20-15(23)9-21(2,3)4)7-14(22)18-11-5-6-12(16)13(17)8-11/h5-6,8H,7,9H2,1-4H3,(H-,18,20,22,23)/p+1/b19-10+. The van der Waals surface area contributed by atoms with Crippen molar-refractivity contribution < 1.29 is 14.1 Å². The van der Waals surface area contributed by atoms with E-state index in [1.165, 1.54) is 0 Å². The third kappa shape index (κ3) is 7.97. The molecule has 23 heavy (non-hydrogen) atoms. The van der Waals surface area contributed by atoms with Crippen LogP contribution in [0.3, 0.4) is 0 Å². The summed E-state index contributed by atoms with van der Waals surface area (Å²) >= 11 is 11.7. The molecule has 0 saturated carbocycles. The molecule has 8 heteroatoms. The summed E-state index contributed by atoms with van der Waals surface area (Å²) in [7, 11) is 5.71. The van der Waals surface area contributed by atoms with Gasteiger partial charge in [0.05, 0.1) is 37.6 Å². The number of nitrogens with zero attached hydrogens (tertiary/aromatic N) is 2. The maximum absolute atomic E-state index is 11.9. The van der Waals surface area contributed by atoms with E-state index in [0.29, 0.717) is 32.5 Å². The van der Waals surface area contributed by atoms with Crippen LogP contribution in [0.4, 0.5) is 5.69 Å². The lowest BCUT2D eigenvalue weighted by atomic mass is 10.2. The lowest BCUT2D eigenvalue weighted by Crippen LogP contribution is -2.43. The van der Waals surface area contributed by atoms with Crippen LogP contribution in [0.1, 0.15) is 13.3 Å². The van der Waals surface area contributed by atoms with Crippen LogP contribution in [-0.2, 0) is 9.59 Å². The number of carbonyl (C=O) groups is 2. The van der Waals surface area contributed by atoms with Crippen LogP contribution in [0.2, 0.25) is 10.0 Å². The number of quaternary nitrogens is 1. The fourth-order valence-electron chi connectivity index (χ4n) is 1.67. The molecule has 0 unspecified atom stereocenters. The highest BCUT2D eigenvalue weighted by molar-refractivity contribution is 6.42. The predicted molar refractivity (Wildman–Crippen MR) is 93.9 cm³/mol. The Morgan fingerprint density at radius 2 is 1.78 bits per heavy atom. The summed E-state index contributed by atoms with van der Waals surface area (Å²) in [4.78, 5) is 23.6. The number of hydrogen-bond donors (Lipinski definition) is 2. The fraction of sp³-hybridized carbons (Fsp3) is 0.400. The summed E-state index contributed by atoms with van der Waals surface area (Å²) in [5.74, 6) is -0.466. The number of nitrogens with one attached hydrogen (secondary N) is 2. The molecule has 0 atom stereocenters. The minimum absolute atomic E-state index is 0.0604. The first-order chi connectivity index (χ1) is 10.6. The molecule has 0 fully saturated rings. The number of halogens is 2. The van der Waals surface area contributed by atoms with E-state index in [1.807, 2.05) is 21.1 Å². The van der Waals surface area contributed by atoms with Gasteiger partial charge in [-0.15, -0.1) is 0 Å². The Morgan fingerprint density at radius 3 is 2.35 bits per heavy atom. The van der Waals surface area contributed by atoms with Gasteiger partial charge in [0.15, 0.2) is 6.54 Å². The van der Waals surface area contributed by atoms with Crippen molar-refractivity contribution in [2.45, 2.75) is 13.3 Å². The van der Waals surface area contributed by atoms with E-state index in [1.54, 1.807) is 25.1 Å². The average Bonchev–Trinajstić information content (AvgIpc) is 2.38. The number of benzene rings is 1. The van der Waals surface area contributed by atoms with Crippen molar-refractivity contribution >= 4 is 46.4 Å². The molecule has 0 radical (unpaired) electrons. The zero-order valence-corrected chi connectivity index (χ0v) is 15.1. The van der Waals surface area contributed by atoms with Crippen LogP contribution in [0.5, 0.6) is 0 Å². The number of hydrogen-bond acceptors (Lipinski definition) is 3. The minimum Gasteiger partial charge on any atom is -0.326 e. The fourth-order valence-corrected chi connectivity index (χ4v) is 1.97. The van der Waals surface area contributed by atoms with Crippen LogP contribution in [0.25, 0.3) is 0 Å². The van der Waals surface area contributed by atoms with Gasteiger partial charge in [0, 0.05) is 11.4 Å². The average molecular weight is 360 g/mol. The zero-order chi connectivity index (χ0) is 17.6. The topological polar surface area (TPSA) is 70.6 Å². The summed E-state index contributed by atoms with van der Waals surface area (Å²) in [5, 5.41) is 7.39. The van der Waals surface area contributed by atoms with Crippen LogP contribution < -0.4 is 10.7 Å². The smallest absolute Gasteiger partial charge is 0.295 e. The maximum atomic E-state index is 11.9. The first kappa shape index (κ1) is 19.4. The largest absolute Gasteiger partial charge is 0.326 e. The van der Waals surface area contributed by atoms with E-state index in [-0.39, 0.29) is 18.2 Å². The molecule has 0 aromatic heterocycles. The van der Waals surface area contributed by atoms with E-state index in [4.69, 9.17) is 23.2 Å². The van der Waals surface area contributed by atoms with E-state index >= 15 is 0 Å². The molecular formula is C15H21Cl2N4O2+. The molecular weight excluding hydrogens is 339 g/mol. The summed E-state index contributed by atoms with van der Waals surface area (Å²) < 4.78 is 0.498. The van der Waals surface area contributed by atoms with Crippen molar-refractivity contribution in [1.29, 1.82) is 0 Å². The summed E-state index contributed by atoms with van der Waals surface area (Å²) in [6.45, 7) is 1.97. The normalized spacial score (nSPS) is 12.0. The minimum atomic E-state index is -0.259. The predicted octanol–water partition coefficient (Wildman–Crippen LogP) is 2.52. The Hall–Kier alpha value is -1.63. The van der Waals surface area contributed by atoms with Crippen molar-refractivity contribution in [3.63, 3.8) is 0 Å². The van der Waals surface area contributed by atoms with E-state index in [9.17, 15) is 9.59 Å². The number of anilines is 1. The molecule has 126 valence electrons. The molecule has 1 aromatic carbocycles. The highest BCUT2D eigenvalue weighted by atomic mass is 35.5. The molecule has 2 amide bonds. The van der Waals surface area contributed by atoms with Crippen molar-refractivity contribution in [1.82, 2.24) is 5.43 Å². The van der Waals surface area contributed by atoms with Crippen LogP contribution in [0.15, 0.2) is 23.3 Å². The Balaban J connectivity index is 2.51. The Bertz CT molecular complexity index is 624. The van der Waals surface area contributed by atoms with Gasteiger partial charge in [-0.2, -0.15) is 5.10 Å². The van der Waals surface area contributed by atoms with E-state index in [0.717, 1.165) is 0 Å². The van der Waals surface area contributed by atoms with Gasteiger partial charge in [-0.3, -0.25) is 9.59 Å². The summed E-state index contributed by atoms with van der Waals surface area (Å²) in [6.07, 6.45) is 0.0604. The maximum Gasteiger partial charge on any atom is 0.295 e. The molecule has 6 nitrogen and oxygen atoms in total. The highest BCUT2D eigenvalue weighted by Crippen LogP contribution is 2.24. The third-order valence-electron chi connectivity index (χ3n) is 2.61. The molecule has 1 aromatic rings. The Labute approximate surface area is 146 Å². The molecule has 0 spiro atoms. The van der Waals surface area contributed by atoms with E-state index in [2.05, 4.69) is 15.8 Å². The number of likely N-dealkylation sites (N-methyl/N-ethyl adjacent to an activating group) is 1. The monoisotopic (exact) mass is 359 g/mol. The number of amides is 2. The van der Waals surface area contributed by atoms with Crippen LogP contribution in [-0.4, -0.2) is 49.7 Å². The van der Waals surface area contributed by atoms with Gasteiger partial charge in [0.2, 0.25) is 5.91 Å². The number of carbonyl (C=O) groups excluding carboxylic acids is 2. The zero-order valence-electron chi connectivity index (χ0n) is 13.6. The Morgan fingerprint density at radius 1 is 1.13 bits per heavy atom. The molecule has 1 rings (SSSR count). The molecule has 0 heterocycles. The van der Waals surface area contributed by atoms with E-state index < -0.39 is 0 Å². The second-order valence-corrected chi connectivity index (χ2v) is 7.00. The van der Waals surface area contributed by atoms with Gasteiger partial charge in [0.25, 0.3) is 5.91 Å². The summed E-state index contributed by atoms with van der Waals surface area (Å²) in [6, 6.07) is 4.82.